The lowest BCUT2D eigenvalue weighted by Crippen LogP contribution is -2.55. The van der Waals surface area contributed by atoms with E-state index >= 15 is 0 Å². The molecule has 0 aromatic rings. The molecule has 1 aliphatic heterocycles. The molecule has 2 rings (SSSR count). The molecule has 1 saturated heterocycles. The normalized spacial score (nSPS) is 39.9. The molecule has 2 aliphatic rings. The highest BCUT2D eigenvalue weighted by Crippen LogP contribution is 2.45. The highest BCUT2D eigenvalue weighted by molar-refractivity contribution is 6.17. The Balaban J connectivity index is 2.62. The quantitative estimate of drug-likeness (QED) is 0.408. The van der Waals surface area contributed by atoms with Gasteiger partial charge in [0.25, 0.3) is 0 Å². The van der Waals surface area contributed by atoms with Crippen LogP contribution in [0.3, 0.4) is 0 Å². The second kappa shape index (κ2) is 4.17. The summed E-state index contributed by atoms with van der Waals surface area (Å²) in [6.45, 7) is 3.18. The molecular weight excluding hydrogens is 236 g/mol. The van der Waals surface area contributed by atoms with Gasteiger partial charge >= 0.3 is 5.97 Å². The largest absolute Gasteiger partial charge is 0.454 e. The minimum absolute atomic E-state index is 0.541. The second-order valence-electron chi connectivity index (χ2n) is 4.50. The van der Waals surface area contributed by atoms with Crippen molar-refractivity contribution in [2.24, 2.45) is 11.3 Å². The molecule has 1 spiro atoms. The summed E-state index contributed by atoms with van der Waals surface area (Å²) in [6, 6.07) is 0. The van der Waals surface area contributed by atoms with Crippen molar-refractivity contribution in [1.82, 2.24) is 0 Å². The van der Waals surface area contributed by atoms with Crippen LogP contribution in [0.15, 0.2) is 24.3 Å². The van der Waals surface area contributed by atoms with Gasteiger partial charge in [-0.15, -0.1) is 0 Å². The first-order valence-electron chi connectivity index (χ1n) is 5.74. The van der Waals surface area contributed by atoms with Gasteiger partial charge in [0.05, 0.1) is 0 Å². The molecule has 0 aromatic carbocycles. The maximum atomic E-state index is 12.2. The number of cyclic esters (lactones) is 1. The van der Waals surface area contributed by atoms with Gasteiger partial charge in [0.15, 0.2) is 23.1 Å². The van der Waals surface area contributed by atoms with Crippen LogP contribution in [0, 0.1) is 11.3 Å². The van der Waals surface area contributed by atoms with Gasteiger partial charge in [-0.3, -0.25) is 14.4 Å². The van der Waals surface area contributed by atoms with E-state index in [0.717, 1.165) is 0 Å². The van der Waals surface area contributed by atoms with Crippen molar-refractivity contribution in [3.05, 3.63) is 24.3 Å². The summed E-state index contributed by atoms with van der Waals surface area (Å²) < 4.78 is 4.89. The predicted octanol–water partition coefficient (Wildman–Crippen LogP) is 0.179. The van der Waals surface area contributed by atoms with Gasteiger partial charge in [0.2, 0.25) is 0 Å². The average Bonchev–Trinajstić information content (AvgIpc) is 2.54. The van der Waals surface area contributed by atoms with Gasteiger partial charge < -0.3 is 9.84 Å². The van der Waals surface area contributed by atoms with Crippen LogP contribution in [0.4, 0.5) is 0 Å². The molecule has 5 heteroatoms. The Morgan fingerprint density at radius 2 is 2.06 bits per heavy atom. The Labute approximate surface area is 104 Å². The predicted molar refractivity (Wildman–Crippen MR) is 61.5 cm³/mol. The van der Waals surface area contributed by atoms with Crippen molar-refractivity contribution in [3.8, 4) is 0 Å². The summed E-state index contributed by atoms with van der Waals surface area (Å²) in [7, 11) is 0. The third kappa shape index (κ3) is 1.40. The van der Waals surface area contributed by atoms with Gasteiger partial charge in [-0.1, -0.05) is 18.2 Å². The average molecular weight is 250 g/mol. The number of allylic oxidation sites excluding steroid dienone is 3. The molecule has 0 unspecified atom stereocenters. The topological polar surface area (TPSA) is 80.7 Å². The number of esters is 1. The monoisotopic (exact) mass is 250 g/mol. The van der Waals surface area contributed by atoms with Crippen LogP contribution in [-0.2, 0) is 19.1 Å². The molecule has 18 heavy (non-hydrogen) atoms. The molecule has 1 fully saturated rings. The summed E-state index contributed by atoms with van der Waals surface area (Å²) >= 11 is 0. The lowest BCUT2D eigenvalue weighted by atomic mass is 9.64. The molecule has 1 heterocycles. The first kappa shape index (κ1) is 12.7. The van der Waals surface area contributed by atoms with E-state index in [0.29, 0.717) is 0 Å². The van der Waals surface area contributed by atoms with Crippen LogP contribution in [0.1, 0.15) is 13.8 Å². The van der Waals surface area contributed by atoms with E-state index in [2.05, 4.69) is 0 Å². The molecule has 0 radical (unpaired) electrons. The number of hydrogen-bond donors (Lipinski definition) is 1. The summed E-state index contributed by atoms with van der Waals surface area (Å²) in [6.07, 6.45) is 3.34. The Morgan fingerprint density at radius 3 is 2.56 bits per heavy atom. The molecule has 0 saturated carbocycles. The first-order chi connectivity index (χ1) is 8.46. The van der Waals surface area contributed by atoms with Crippen molar-refractivity contribution < 1.29 is 24.2 Å². The van der Waals surface area contributed by atoms with Crippen LogP contribution in [-0.4, -0.2) is 34.9 Å². The van der Waals surface area contributed by atoms with Crippen molar-refractivity contribution in [1.29, 1.82) is 0 Å². The summed E-state index contributed by atoms with van der Waals surface area (Å²) in [4.78, 5) is 35.8. The van der Waals surface area contributed by atoms with E-state index in [1.165, 1.54) is 19.1 Å². The van der Waals surface area contributed by atoms with Crippen molar-refractivity contribution >= 4 is 17.5 Å². The Bertz CT molecular complexity index is 476. The van der Waals surface area contributed by atoms with Crippen LogP contribution >= 0.6 is 0 Å². The standard InChI is InChI=1S/C13H14O5/c1-3-4-8-5-6-9(14)11(16)13(8)10(15)7(2)18-12(13)17/h3-8,11,16H,1-2H3/b4-3+/t7-,8-,11+,13-/m0/s1. The SMILES string of the molecule is C/C=C/[C@H]1C=CC(=O)[C@@H](O)[C@]12C(=O)O[C@@H](C)C2=O. The summed E-state index contributed by atoms with van der Waals surface area (Å²) in [5, 5.41) is 10.0. The summed E-state index contributed by atoms with van der Waals surface area (Å²) in [5.74, 6) is -2.66. The van der Waals surface area contributed by atoms with Crippen LogP contribution in [0.25, 0.3) is 0 Å². The molecule has 0 aromatic heterocycles. The number of rotatable bonds is 1. The molecule has 5 nitrogen and oxygen atoms in total. The van der Waals surface area contributed by atoms with Crippen molar-refractivity contribution in [2.45, 2.75) is 26.1 Å². The van der Waals surface area contributed by atoms with Crippen molar-refractivity contribution in [2.75, 3.05) is 0 Å². The number of Topliss-reactive ketones (excluding diaryl/α,β-unsaturated/α-hetero) is 1. The van der Waals surface area contributed by atoms with E-state index < -0.39 is 41.1 Å². The number of carbonyl (C=O) groups excluding carboxylic acids is 3. The molecule has 0 amide bonds. The van der Waals surface area contributed by atoms with E-state index in [-0.39, 0.29) is 0 Å². The van der Waals surface area contributed by atoms with E-state index in [9.17, 15) is 19.5 Å². The third-order valence-corrected chi connectivity index (χ3v) is 3.49. The molecule has 4 atom stereocenters. The minimum Gasteiger partial charge on any atom is -0.454 e. The highest BCUT2D eigenvalue weighted by atomic mass is 16.6. The second-order valence-corrected chi connectivity index (χ2v) is 4.50. The maximum absolute atomic E-state index is 12.2. The van der Waals surface area contributed by atoms with Gasteiger partial charge in [-0.05, 0) is 19.9 Å². The highest BCUT2D eigenvalue weighted by Gasteiger charge is 2.65. The fraction of sp³-hybridized carbons (Fsp3) is 0.462. The maximum Gasteiger partial charge on any atom is 0.324 e. The smallest absolute Gasteiger partial charge is 0.324 e. The fourth-order valence-corrected chi connectivity index (χ4v) is 2.57. The lowest BCUT2D eigenvalue weighted by molar-refractivity contribution is -0.160. The number of aliphatic hydroxyl groups is 1. The van der Waals surface area contributed by atoms with Crippen LogP contribution in [0.2, 0.25) is 0 Å². The molecule has 96 valence electrons. The molecular formula is C13H14O5. The lowest BCUT2D eigenvalue weighted by Gasteiger charge is -2.34. The molecule has 1 N–H and O–H groups in total. The van der Waals surface area contributed by atoms with Crippen LogP contribution < -0.4 is 0 Å². The van der Waals surface area contributed by atoms with Gasteiger partial charge in [-0.2, -0.15) is 0 Å². The number of hydrogen-bond acceptors (Lipinski definition) is 5. The molecule has 0 bridgehead atoms. The number of ether oxygens (including phenoxy) is 1. The van der Waals surface area contributed by atoms with E-state index in [1.807, 2.05) is 0 Å². The summed E-state index contributed by atoms with van der Waals surface area (Å²) in [5.41, 5.74) is -1.81. The Hall–Kier alpha value is -1.75. The zero-order chi connectivity index (χ0) is 13.5. The van der Waals surface area contributed by atoms with Crippen molar-refractivity contribution in [3.63, 3.8) is 0 Å². The Morgan fingerprint density at radius 1 is 1.39 bits per heavy atom. The first-order valence-corrected chi connectivity index (χ1v) is 5.74. The fourth-order valence-electron chi connectivity index (χ4n) is 2.57. The third-order valence-electron chi connectivity index (χ3n) is 3.49. The Kier molecular flexibility index (Phi) is 2.94. The van der Waals surface area contributed by atoms with E-state index in [1.54, 1.807) is 19.1 Å². The van der Waals surface area contributed by atoms with Gasteiger partial charge in [0, 0.05) is 5.92 Å². The van der Waals surface area contributed by atoms with Crippen LogP contribution in [0.5, 0.6) is 0 Å². The molecule has 1 aliphatic carbocycles. The van der Waals surface area contributed by atoms with Gasteiger partial charge in [-0.25, -0.2) is 0 Å². The van der Waals surface area contributed by atoms with Gasteiger partial charge in [0.1, 0.15) is 6.10 Å². The zero-order valence-electron chi connectivity index (χ0n) is 10.1. The number of ketones is 2. The van der Waals surface area contributed by atoms with E-state index in [4.69, 9.17) is 4.74 Å². The number of carbonyl (C=O) groups is 3. The minimum atomic E-state index is -1.81. The zero-order valence-corrected chi connectivity index (χ0v) is 10.1. The number of aliphatic hydroxyl groups excluding tert-OH is 1.